The van der Waals surface area contributed by atoms with Gasteiger partial charge in [-0.2, -0.15) is 0 Å². The summed E-state index contributed by atoms with van der Waals surface area (Å²) in [6.45, 7) is 7.44. The molecule has 6 nitrogen and oxygen atoms in total. The number of esters is 1. The number of hydrogen-bond donors (Lipinski definition) is 0. The van der Waals surface area contributed by atoms with Crippen molar-refractivity contribution in [2.24, 2.45) is 0 Å². The van der Waals surface area contributed by atoms with Crippen LogP contribution >= 0.6 is 0 Å². The summed E-state index contributed by atoms with van der Waals surface area (Å²) in [6, 6.07) is 0. The van der Waals surface area contributed by atoms with Crippen molar-refractivity contribution >= 4 is 5.97 Å². The normalized spacial score (nSPS) is 36.6. The van der Waals surface area contributed by atoms with Crippen LogP contribution < -0.4 is 0 Å². The van der Waals surface area contributed by atoms with Gasteiger partial charge in [0.1, 0.15) is 6.10 Å². The van der Waals surface area contributed by atoms with Gasteiger partial charge in [0, 0.05) is 13.8 Å². The molecule has 2 saturated heterocycles. The molecule has 0 saturated carbocycles. The third-order valence-corrected chi connectivity index (χ3v) is 2.96. The molecule has 0 aliphatic carbocycles. The van der Waals surface area contributed by atoms with E-state index < -0.39 is 29.8 Å². The maximum absolute atomic E-state index is 11.7. The predicted molar refractivity (Wildman–Crippen MR) is 58.1 cm³/mol. The lowest BCUT2D eigenvalue weighted by Crippen LogP contribution is -2.27. The Kier molecular flexibility index (Phi) is 2.30. The van der Waals surface area contributed by atoms with Crippen molar-refractivity contribution in [2.75, 3.05) is 6.61 Å². The highest BCUT2D eigenvalue weighted by Gasteiger charge is 2.53. The summed E-state index contributed by atoms with van der Waals surface area (Å²) in [6.07, 6.45) is -1.20. The monoisotopic (exact) mass is 256 g/mol. The van der Waals surface area contributed by atoms with Crippen molar-refractivity contribution in [3.05, 3.63) is 11.5 Å². The van der Waals surface area contributed by atoms with Crippen LogP contribution in [0.1, 0.15) is 27.7 Å². The molecular formula is C12H16O6. The van der Waals surface area contributed by atoms with Gasteiger partial charge in [-0.1, -0.05) is 0 Å². The lowest BCUT2D eigenvalue weighted by Gasteiger charge is -2.19. The smallest absolute Gasteiger partial charge is 0.348 e. The van der Waals surface area contributed by atoms with E-state index in [9.17, 15) is 4.79 Å². The molecule has 18 heavy (non-hydrogen) atoms. The Morgan fingerprint density at radius 2 is 1.78 bits per heavy atom. The molecule has 0 N–H and O–H groups in total. The lowest BCUT2D eigenvalue weighted by atomic mass is 10.2. The number of hydrogen-bond acceptors (Lipinski definition) is 6. The van der Waals surface area contributed by atoms with Gasteiger partial charge in [0.2, 0.25) is 11.9 Å². The summed E-state index contributed by atoms with van der Waals surface area (Å²) in [5, 5.41) is 0. The van der Waals surface area contributed by atoms with Gasteiger partial charge in [-0.3, -0.25) is 0 Å². The predicted octanol–water partition coefficient (Wildman–Crippen LogP) is 1.06. The molecule has 0 amide bonds. The Morgan fingerprint density at radius 1 is 1.06 bits per heavy atom. The molecule has 6 heteroatoms. The van der Waals surface area contributed by atoms with E-state index in [1.165, 1.54) is 0 Å². The second-order valence-electron chi connectivity index (χ2n) is 5.47. The standard InChI is InChI=1S/C12H16O6/c1-11(2)14-5-6(16-11)7-8-9(10(13)15-7)18-12(3,4)17-8/h6,9H,5H2,1-4H3/t6?,9-/m0/s1. The highest BCUT2D eigenvalue weighted by Crippen LogP contribution is 2.41. The topological polar surface area (TPSA) is 63.2 Å². The van der Waals surface area contributed by atoms with Gasteiger partial charge in [0.25, 0.3) is 0 Å². The first-order chi connectivity index (χ1) is 8.27. The van der Waals surface area contributed by atoms with Gasteiger partial charge in [-0.25, -0.2) is 4.79 Å². The van der Waals surface area contributed by atoms with Crippen LogP contribution in [-0.4, -0.2) is 36.4 Å². The first-order valence-corrected chi connectivity index (χ1v) is 5.92. The summed E-state index contributed by atoms with van der Waals surface area (Å²) < 4.78 is 27.4. The van der Waals surface area contributed by atoms with E-state index in [1.807, 2.05) is 13.8 Å². The fourth-order valence-electron chi connectivity index (χ4n) is 2.27. The van der Waals surface area contributed by atoms with Crippen molar-refractivity contribution < 1.29 is 28.5 Å². The largest absolute Gasteiger partial charge is 0.460 e. The first-order valence-electron chi connectivity index (χ1n) is 5.92. The van der Waals surface area contributed by atoms with Gasteiger partial charge in [0.05, 0.1) is 6.61 Å². The minimum Gasteiger partial charge on any atom is -0.460 e. The lowest BCUT2D eigenvalue weighted by molar-refractivity contribution is -0.172. The Morgan fingerprint density at radius 3 is 2.39 bits per heavy atom. The molecule has 3 aliphatic rings. The second-order valence-corrected chi connectivity index (χ2v) is 5.47. The van der Waals surface area contributed by atoms with Crippen LogP contribution in [0.2, 0.25) is 0 Å². The Bertz CT molecular complexity index is 436. The van der Waals surface area contributed by atoms with Crippen LogP contribution in [0, 0.1) is 0 Å². The van der Waals surface area contributed by atoms with Crippen molar-refractivity contribution in [2.45, 2.75) is 51.5 Å². The number of cyclic esters (lactones) is 1. The summed E-state index contributed by atoms with van der Waals surface area (Å²) in [4.78, 5) is 11.7. The zero-order valence-corrected chi connectivity index (χ0v) is 10.8. The Labute approximate surface area is 105 Å². The zero-order chi connectivity index (χ0) is 13.1. The highest BCUT2D eigenvalue weighted by molar-refractivity contribution is 5.82. The van der Waals surface area contributed by atoms with Crippen LogP contribution in [0.25, 0.3) is 0 Å². The molecule has 0 bridgehead atoms. The van der Waals surface area contributed by atoms with E-state index in [1.54, 1.807) is 13.8 Å². The molecule has 0 aromatic rings. The fraction of sp³-hybridized carbons (Fsp3) is 0.750. The van der Waals surface area contributed by atoms with Crippen molar-refractivity contribution in [1.29, 1.82) is 0 Å². The maximum Gasteiger partial charge on any atom is 0.348 e. The summed E-state index contributed by atoms with van der Waals surface area (Å²) in [5.74, 6) is -1.17. The van der Waals surface area contributed by atoms with Crippen LogP contribution in [0.4, 0.5) is 0 Å². The van der Waals surface area contributed by atoms with E-state index in [-0.39, 0.29) is 0 Å². The van der Waals surface area contributed by atoms with E-state index >= 15 is 0 Å². The third-order valence-electron chi connectivity index (χ3n) is 2.96. The van der Waals surface area contributed by atoms with Gasteiger partial charge in [-0.15, -0.1) is 0 Å². The molecule has 2 fully saturated rings. The number of ether oxygens (including phenoxy) is 5. The molecule has 0 aromatic carbocycles. The summed E-state index contributed by atoms with van der Waals surface area (Å²) in [5.41, 5.74) is 0. The summed E-state index contributed by atoms with van der Waals surface area (Å²) in [7, 11) is 0. The van der Waals surface area contributed by atoms with E-state index in [0.717, 1.165) is 0 Å². The first kappa shape index (κ1) is 12.0. The molecule has 1 unspecified atom stereocenters. The van der Waals surface area contributed by atoms with Crippen LogP contribution in [0.5, 0.6) is 0 Å². The average Bonchev–Trinajstić information content (AvgIpc) is 2.81. The zero-order valence-electron chi connectivity index (χ0n) is 10.8. The molecule has 3 aliphatic heterocycles. The number of carbonyl (C=O) groups excluding carboxylic acids is 1. The summed E-state index contributed by atoms with van der Waals surface area (Å²) >= 11 is 0. The number of fused-ring (bicyclic) bond motifs is 1. The Hall–Kier alpha value is -1.11. The molecule has 0 aromatic heterocycles. The molecule has 2 atom stereocenters. The minimum atomic E-state index is -0.820. The third kappa shape index (κ3) is 1.81. The van der Waals surface area contributed by atoms with Crippen molar-refractivity contribution in [1.82, 2.24) is 0 Å². The van der Waals surface area contributed by atoms with Gasteiger partial charge < -0.3 is 23.7 Å². The van der Waals surface area contributed by atoms with Crippen LogP contribution in [0.15, 0.2) is 11.5 Å². The van der Waals surface area contributed by atoms with E-state index in [0.29, 0.717) is 18.1 Å². The van der Waals surface area contributed by atoms with E-state index in [4.69, 9.17) is 23.7 Å². The SMILES string of the molecule is CC1(C)OCC(C2=C3OC(C)(C)O[C@@H]3C(=O)O2)O1. The van der Waals surface area contributed by atoms with Crippen molar-refractivity contribution in [3.8, 4) is 0 Å². The van der Waals surface area contributed by atoms with Crippen LogP contribution in [0.3, 0.4) is 0 Å². The second kappa shape index (κ2) is 3.46. The molecule has 3 rings (SSSR count). The maximum atomic E-state index is 11.7. The fourth-order valence-corrected chi connectivity index (χ4v) is 2.27. The molecule has 3 heterocycles. The molecular weight excluding hydrogens is 240 g/mol. The Balaban J connectivity index is 1.89. The van der Waals surface area contributed by atoms with Gasteiger partial charge >= 0.3 is 5.97 Å². The average molecular weight is 256 g/mol. The molecule has 100 valence electrons. The number of carbonyl (C=O) groups is 1. The van der Waals surface area contributed by atoms with Gasteiger partial charge in [-0.05, 0) is 13.8 Å². The highest BCUT2D eigenvalue weighted by atomic mass is 16.8. The van der Waals surface area contributed by atoms with Crippen molar-refractivity contribution in [3.63, 3.8) is 0 Å². The molecule has 0 spiro atoms. The van der Waals surface area contributed by atoms with Crippen LogP contribution in [-0.2, 0) is 28.5 Å². The quantitative estimate of drug-likeness (QED) is 0.654. The molecule has 0 radical (unpaired) electrons. The number of rotatable bonds is 1. The van der Waals surface area contributed by atoms with Gasteiger partial charge in [0.15, 0.2) is 17.3 Å². The van der Waals surface area contributed by atoms with E-state index in [2.05, 4.69) is 0 Å². The minimum absolute atomic E-state index is 0.329.